The molecule has 2 unspecified atom stereocenters. The van der Waals surface area contributed by atoms with Gasteiger partial charge in [0.05, 0.1) is 12.1 Å². The number of halogens is 2. The van der Waals surface area contributed by atoms with E-state index in [0.717, 1.165) is 25.9 Å². The van der Waals surface area contributed by atoms with Crippen LogP contribution in [0.5, 0.6) is 0 Å². The number of rotatable bonds is 4. The molecule has 0 bridgehead atoms. The molecule has 1 aromatic rings. The SMILES string of the molecule is COC1CCCN(C(CN)c2ccc(Cl)cc2F)C1. The number of ether oxygens (including phenoxy) is 1. The topological polar surface area (TPSA) is 38.5 Å². The van der Waals surface area contributed by atoms with E-state index in [1.807, 2.05) is 0 Å². The normalized spacial score (nSPS) is 22.4. The second-order valence-electron chi connectivity index (χ2n) is 4.91. The maximum Gasteiger partial charge on any atom is 0.129 e. The molecule has 2 atom stereocenters. The van der Waals surface area contributed by atoms with Crippen LogP contribution in [0.2, 0.25) is 5.02 Å². The minimum absolute atomic E-state index is 0.116. The summed E-state index contributed by atoms with van der Waals surface area (Å²) in [5.74, 6) is -0.289. The molecule has 0 radical (unpaired) electrons. The molecule has 0 amide bonds. The Morgan fingerprint density at radius 2 is 2.37 bits per heavy atom. The third kappa shape index (κ3) is 3.45. The van der Waals surface area contributed by atoms with E-state index in [1.54, 1.807) is 19.2 Å². The highest BCUT2D eigenvalue weighted by atomic mass is 35.5. The Morgan fingerprint density at radius 3 is 3.00 bits per heavy atom. The van der Waals surface area contributed by atoms with Crippen LogP contribution >= 0.6 is 11.6 Å². The van der Waals surface area contributed by atoms with Crippen molar-refractivity contribution in [1.29, 1.82) is 0 Å². The van der Waals surface area contributed by atoms with Gasteiger partial charge in [-0.1, -0.05) is 17.7 Å². The molecule has 2 rings (SSSR count). The van der Waals surface area contributed by atoms with E-state index in [4.69, 9.17) is 22.1 Å². The third-order valence-electron chi connectivity index (χ3n) is 3.73. The maximum atomic E-state index is 14.0. The molecule has 1 fully saturated rings. The lowest BCUT2D eigenvalue weighted by Gasteiger charge is -2.37. The van der Waals surface area contributed by atoms with Gasteiger partial charge in [0.2, 0.25) is 0 Å². The summed E-state index contributed by atoms with van der Waals surface area (Å²) in [5, 5.41) is 0.408. The van der Waals surface area contributed by atoms with Crippen LogP contribution in [0.3, 0.4) is 0 Å². The number of likely N-dealkylation sites (tertiary alicyclic amines) is 1. The molecule has 1 aliphatic heterocycles. The summed E-state index contributed by atoms with van der Waals surface area (Å²) in [5.41, 5.74) is 6.46. The first kappa shape index (κ1) is 14.7. The molecule has 0 saturated carbocycles. The van der Waals surface area contributed by atoms with Crippen LogP contribution in [0.15, 0.2) is 18.2 Å². The van der Waals surface area contributed by atoms with Crippen molar-refractivity contribution < 1.29 is 9.13 Å². The first-order valence-corrected chi connectivity index (χ1v) is 6.95. The van der Waals surface area contributed by atoms with E-state index in [-0.39, 0.29) is 18.0 Å². The highest BCUT2D eigenvalue weighted by Gasteiger charge is 2.27. The van der Waals surface area contributed by atoms with Crippen LogP contribution in [0.4, 0.5) is 4.39 Å². The largest absolute Gasteiger partial charge is 0.380 e. The summed E-state index contributed by atoms with van der Waals surface area (Å²) in [7, 11) is 1.72. The minimum atomic E-state index is -0.289. The van der Waals surface area contributed by atoms with E-state index in [9.17, 15) is 4.39 Å². The average molecular weight is 287 g/mol. The monoisotopic (exact) mass is 286 g/mol. The van der Waals surface area contributed by atoms with Gasteiger partial charge in [-0.3, -0.25) is 4.90 Å². The quantitative estimate of drug-likeness (QED) is 0.925. The van der Waals surface area contributed by atoms with Gasteiger partial charge in [0, 0.05) is 30.8 Å². The van der Waals surface area contributed by atoms with Gasteiger partial charge in [-0.2, -0.15) is 0 Å². The van der Waals surface area contributed by atoms with Crippen molar-refractivity contribution in [3.63, 3.8) is 0 Å². The van der Waals surface area contributed by atoms with Gasteiger partial charge in [-0.05, 0) is 31.5 Å². The summed E-state index contributed by atoms with van der Waals surface area (Å²) in [6, 6.07) is 4.67. The molecule has 1 heterocycles. The number of nitrogens with zero attached hydrogens (tertiary/aromatic N) is 1. The molecule has 5 heteroatoms. The Bertz CT molecular complexity index is 430. The van der Waals surface area contributed by atoms with Gasteiger partial charge in [-0.25, -0.2) is 4.39 Å². The maximum absolute atomic E-state index is 14.0. The molecule has 0 spiro atoms. The lowest BCUT2D eigenvalue weighted by molar-refractivity contribution is 0.0149. The van der Waals surface area contributed by atoms with E-state index in [0.29, 0.717) is 17.1 Å². The summed E-state index contributed by atoms with van der Waals surface area (Å²) in [6.45, 7) is 2.10. The number of hydrogen-bond donors (Lipinski definition) is 1. The van der Waals surface area contributed by atoms with Crippen LogP contribution < -0.4 is 5.73 Å². The smallest absolute Gasteiger partial charge is 0.129 e. The zero-order chi connectivity index (χ0) is 13.8. The minimum Gasteiger partial charge on any atom is -0.380 e. The lowest BCUT2D eigenvalue weighted by Crippen LogP contribution is -2.44. The Balaban J connectivity index is 2.19. The number of hydrogen-bond acceptors (Lipinski definition) is 3. The van der Waals surface area contributed by atoms with Crippen molar-refractivity contribution >= 4 is 11.6 Å². The van der Waals surface area contributed by atoms with E-state index >= 15 is 0 Å². The predicted octanol–water partition coefficient (Wildman–Crippen LogP) is 2.59. The zero-order valence-corrected chi connectivity index (χ0v) is 11.9. The molecule has 0 aliphatic carbocycles. The summed E-state index contributed by atoms with van der Waals surface area (Å²) in [4.78, 5) is 2.20. The van der Waals surface area contributed by atoms with Crippen molar-refractivity contribution in [2.75, 3.05) is 26.7 Å². The lowest BCUT2D eigenvalue weighted by atomic mass is 10.00. The van der Waals surface area contributed by atoms with Crippen LogP contribution in [0, 0.1) is 5.82 Å². The summed E-state index contributed by atoms with van der Waals surface area (Å²) < 4.78 is 19.4. The molecule has 19 heavy (non-hydrogen) atoms. The van der Waals surface area contributed by atoms with Gasteiger partial charge in [0.15, 0.2) is 0 Å². The van der Waals surface area contributed by atoms with Gasteiger partial charge in [0.1, 0.15) is 5.82 Å². The third-order valence-corrected chi connectivity index (χ3v) is 3.96. The van der Waals surface area contributed by atoms with E-state index < -0.39 is 0 Å². The highest BCUT2D eigenvalue weighted by Crippen LogP contribution is 2.28. The van der Waals surface area contributed by atoms with Crippen molar-refractivity contribution in [2.24, 2.45) is 5.73 Å². The van der Waals surface area contributed by atoms with Crippen molar-refractivity contribution in [2.45, 2.75) is 25.0 Å². The zero-order valence-electron chi connectivity index (χ0n) is 11.1. The van der Waals surface area contributed by atoms with Gasteiger partial charge >= 0.3 is 0 Å². The van der Waals surface area contributed by atoms with E-state index in [2.05, 4.69) is 4.90 Å². The molecule has 0 aromatic heterocycles. The molecular weight excluding hydrogens is 267 g/mol. The highest BCUT2D eigenvalue weighted by molar-refractivity contribution is 6.30. The number of piperidine rings is 1. The fraction of sp³-hybridized carbons (Fsp3) is 0.571. The molecular formula is C14H20ClFN2O. The Morgan fingerprint density at radius 1 is 1.58 bits per heavy atom. The summed E-state index contributed by atoms with van der Waals surface area (Å²) >= 11 is 5.79. The van der Waals surface area contributed by atoms with Crippen LogP contribution in [-0.4, -0.2) is 37.7 Å². The standard InChI is InChI=1S/C14H20ClFN2O/c1-19-11-3-2-6-18(9-11)14(8-17)12-5-4-10(15)7-13(12)16/h4-5,7,11,14H,2-3,6,8-9,17H2,1H3. The number of benzene rings is 1. The molecule has 3 nitrogen and oxygen atoms in total. The van der Waals surface area contributed by atoms with Crippen LogP contribution in [0.1, 0.15) is 24.4 Å². The Kier molecular flexibility index (Phi) is 5.16. The number of methoxy groups -OCH3 is 1. The van der Waals surface area contributed by atoms with Crippen molar-refractivity contribution in [1.82, 2.24) is 4.90 Å². The van der Waals surface area contributed by atoms with E-state index in [1.165, 1.54) is 6.07 Å². The molecule has 1 aliphatic rings. The number of nitrogens with two attached hydrogens (primary N) is 1. The van der Waals surface area contributed by atoms with Gasteiger partial charge < -0.3 is 10.5 Å². The van der Waals surface area contributed by atoms with Crippen LogP contribution in [0.25, 0.3) is 0 Å². The molecule has 1 saturated heterocycles. The molecule has 106 valence electrons. The average Bonchev–Trinajstić information content (AvgIpc) is 2.42. The fourth-order valence-electron chi connectivity index (χ4n) is 2.69. The van der Waals surface area contributed by atoms with Crippen LogP contribution in [-0.2, 0) is 4.74 Å². The Labute approximate surface area is 118 Å². The molecule has 1 aromatic carbocycles. The first-order chi connectivity index (χ1) is 9.15. The van der Waals surface area contributed by atoms with Crippen molar-refractivity contribution in [3.05, 3.63) is 34.6 Å². The Hall–Kier alpha value is -0.680. The van der Waals surface area contributed by atoms with Crippen molar-refractivity contribution in [3.8, 4) is 0 Å². The summed E-state index contributed by atoms with van der Waals surface area (Å²) in [6.07, 6.45) is 2.30. The predicted molar refractivity (Wildman–Crippen MR) is 74.8 cm³/mol. The second-order valence-corrected chi connectivity index (χ2v) is 5.35. The fourth-order valence-corrected chi connectivity index (χ4v) is 2.84. The first-order valence-electron chi connectivity index (χ1n) is 6.57. The molecule has 2 N–H and O–H groups in total. The van der Waals surface area contributed by atoms with Gasteiger partial charge in [-0.15, -0.1) is 0 Å². The van der Waals surface area contributed by atoms with Gasteiger partial charge in [0.25, 0.3) is 0 Å². The second kappa shape index (κ2) is 6.66.